The Hall–Kier alpha value is -1.70. The zero-order chi connectivity index (χ0) is 23.6. The van der Waals surface area contributed by atoms with E-state index in [1.165, 1.54) is 5.56 Å². The smallest absolute Gasteiger partial charge is 0.351 e. The molecule has 2 atom stereocenters. The molecule has 0 amide bonds. The lowest BCUT2D eigenvalue weighted by Crippen LogP contribution is -2.25. The maximum Gasteiger partial charge on any atom is 0.351 e. The molecule has 0 aliphatic carbocycles. The molecule has 0 saturated heterocycles. The molecular weight excluding hydrogens is 451 g/mol. The van der Waals surface area contributed by atoms with Crippen LogP contribution in [-0.2, 0) is 30.2 Å². The van der Waals surface area contributed by atoms with Crippen LogP contribution in [0.4, 0.5) is 0 Å². The number of hydrogen-bond donors (Lipinski definition) is 1. The van der Waals surface area contributed by atoms with Gasteiger partial charge in [-0.1, -0.05) is 55.8 Å². The van der Waals surface area contributed by atoms with E-state index in [9.17, 15) is 17.5 Å². The predicted molar refractivity (Wildman–Crippen MR) is 126 cm³/mol. The normalized spacial score (nSPS) is 14.1. The van der Waals surface area contributed by atoms with Crippen molar-refractivity contribution in [3.05, 3.63) is 65.7 Å². The van der Waals surface area contributed by atoms with E-state index in [0.29, 0.717) is 5.75 Å². The number of hydrogen-bond acceptors (Lipinski definition) is 6. The summed E-state index contributed by atoms with van der Waals surface area (Å²) in [6, 6.07) is 17.1. The Kier molecular flexibility index (Phi) is 10.4. The van der Waals surface area contributed by atoms with Crippen molar-refractivity contribution in [2.45, 2.75) is 57.5 Å². The summed E-state index contributed by atoms with van der Waals surface area (Å²) in [4.78, 5) is -1.70. The fourth-order valence-electron chi connectivity index (χ4n) is 3.48. The van der Waals surface area contributed by atoms with E-state index < -0.39 is 28.8 Å². The molecule has 1 N–H and O–H groups in total. The van der Waals surface area contributed by atoms with Crippen molar-refractivity contribution >= 4 is 17.7 Å². The van der Waals surface area contributed by atoms with Crippen LogP contribution >= 0.6 is 7.60 Å². The van der Waals surface area contributed by atoms with Gasteiger partial charge in [0.15, 0.2) is 4.99 Å². The van der Waals surface area contributed by atoms with Gasteiger partial charge in [-0.3, -0.25) is 9.12 Å². The van der Waals surface area contributed by atoms with E-state index in [1.54, 1.807) is 13.8 Å². The second-order valence-electron chi connectivity index (χ2n) is 7.33. The van der Waals surface area contributed by atoms with Gasteiger partial charge >= 0.3 is 7.60 Å². The maximum atomic E-state index is 13.1. The summed E-state index contributed by atoms with van der Waals surface area (Å²) in [5, 5.41) is 0. The number of aryl methyl sites for hydroxylation is 1. The number of benzene rings is 2. The van der Waals surface area contributed by atoms with Crippen molar-refractivity contribution < 1.29 is 31.3 Å². The average Bonchev–Trinajstić information content (AvgIpc) is 2.74. The maximum absolute atomic E-state index is 13.1. The van der Waals surface area contributed by atoms with Gasteiger partial charge in [0.25, 0.3) is 10.1 Å². The average molecular weight is 485 g/mol. The Morgan fingerprint density at radius 2 is 1.50 bits per heavy atom. The van der Waals surface area contributed by atoms with Gasteiger partial charge in [-0.25, -0.2) is 0 Å². The number of rotatable bonds is 14. The van der Waals surface area contributed by atoms with Gasteiger partial charge in [-0.2, -0.15) is 8.42 Å². The topological polar surface area (TPSA) is 99.1 Å². The van der Waals surface area contributed by atoms with Gasteiger partial charge in [0.1, 0.15) is 11.9 Å². The molecule has 32 heavy (non-hydrogen) atoms. The van der Waals surface area contributed by atoms with E-state index in [-0.39, 0.29) is 26.1 Å². The molecule has 0 heterocycles. The molecule has 2 unspecified atom stereocenters. The van der Waals surface area contributed by atoms with Crippen LogP contribution in [0.5, 0.6) is 5.75 Å². The first-order valence-electron chi connectivity index (χ1n) is 10.9. The van der Waals surface area contributed by atoms with Crippen molar-refractivity contribution in [2.24, 2.45) is 0 Å². The molecule has 0 spiro atoms. The van der Waals surface area contributed by atoms with Crippen molar-refractivity contribution in [1.29, 1.82) is 0 Å². The molecule has 178 valence electrons. The summed E-state index contributed by atoms with van der Waals surface area (Å²) in [5.41, 5.74) is 2.04. The van der Waals surface area contributed by atoms with Gasteiger partial charge in [0.05, 0.1) is 13.2 Å². The van der Waals surface area contributed by atoms with Gasteiger partial charge < -0.3 is 13.8 Å². The Labute approximate surface area is 191 Å². The highest BCUT2D eigenvalue weighted by atomic mass is 32.2. The van der Waals surface area contributed by atoms with E-state index in [4.69, 9.17) is 13.8 Å². The van der Waals surface area contributed by atoms with Crippen molar-refractivity contribution in [3.63, 3.8) is 0 Å². The van der Waals surface area contributed by atoms with Gasteiger partial charge in [-0.05, 0) is 56.4 Å². The quantitative estimate of drug-likeness (QED) is 0.259. The van der Waals surface area contributed by atoms with Crippen LogP contribution in [0.3, 0.4) is 0 Å². The van der Waals surface area contributed by atoms with Crippen LogP contribution in [-0.4, -0.2) is 31.2 Å². The molecular formula is C23H33O7PS. The molecule has 0 bridgehead atoms. The summed E-state index contributed by atoms with van der Waals surface area (Å²) < 4.78 is 63.8. The highest BCUT2D eigenvalue weighted by molar-refractivity contribution is 7.94. The molecule has 0 radical (unpaired) electrons. The molecule has 0 aromatic heterocycles. The van der Waals surface area contributed by atoms with Crippen molar-refractivity contribution in [1.82, 2.24) is 0 Å². The second-order valence-corrected chi connectivity index (χ2v) is 11.5. The van der Waals surface area contributed by atoms with Crippen LogP contribution in [0.1, 0.15) is 57.3 Å². The van der Waals surface area contributed by atoms with Crippen LogP contribution < -0.4 is 4.74 Å². The SMILES string of the molecule is CCCc1ccc(OC(CCC(P(=O)(OCC)OCC)S(=O)(=O)O)c2ccccc2)cc1. The summed E-state index contributed by atoms with van der Waals surface area (Å²) >= 11 is 0. The van der Waals surface area contributed by atoms with Gasteiger partial charge in [-0.15, -0.1) is 0 Å². The molecule has 0 saturated carbocycles. The first-order chi connectivity index (χ1) is 15.2. The molecule has 2 rings (SSSR count). The van der Waals surface area contributed by atoms with Crippen molar-refractivity contribution in [3.8, 4) is 5.75 Å². The molecule has 0 aliphatic heterocycles. The lowest BCUT2D eigenvalue weighted by molar-refractivity contribution is 0.186. The van der Waals surface area contributed by atoms with Crippen LogP contribution in [0.25, 0.3) is 0 Å². The first-order valence-corrected chi connectivity index (χ1v) is 14.0. The predicted octanol–water partition coefficient (Wildman–Crippen LogP) is 6.02. The Morgan fingerprint density at radius 1 is 0.906 bits per heavy atom. The van der Waals surface area contributed by atoms with Crippen LogP contribution in [0.15, 0.2) is 54.6 Å². The van der Waals surface area contributed by atoms with E-state index >= 15 is 0 Å². The number of ether oxygens (including phenoxy) is 1. The summed E-state index contributed by atoms with van der Waals surface area (Å²) in [6.45, 7) is 5.28. The lowest BCUT2D eigenvalue weighted by atomic mass is 10.0. The van der Waals surface area contributed by atoms with Crippen molar-refractivity contribution in [2.75, 3.05) is 13.2 Å². The molecule has 2 aromatic rings. The third kappa shape index (κ3) is 7.71. The largest absolute Gasteiger partial charge is 0.486 e. The fraction of sp³-hybridized carbons (Fsp3) is 0.478. The molecule has 0 aliphatic rings. The highest BCUT2D eigenvalue weighted by Gasteiger charge is 2.44. The van der Waals surface area contributed by atoms with E-state index in [1.807, 2.05) is 54.6 Å². The third-order valence-electron chi connectivity index (χ3n) is 4.90. The van der Waals surface area contributed by atoms with Crippen LogP contribution in [0, 0.1) is 0 Å². The minimum Gasteiger partial charge on any atom is -0.486 e. The summed E-state index contributed by atoms with van der Waals surface area (Å²) in [6.07, 6.45) is 1.51. The minimum atomic E-state index is -4.70. The molecule has 9 heteroatoms. The molecule has 7 nitrogen and oxygen atoms in total. The van der Waals surface area contributed by atoms with E-state index in [0.717, 1.165) is 18.4 Å². The Balaban J connectivity index is 2.28. The second kappa shape index (κ2) is 12.5. The third-order valence-corrected chi connectivity index (χ3v) is 9.60. The summed E-state index contributed by atoms with van der Waals surface area (Å²) in [5.74, 6) is 0.639. The Bertz CT molecular complexity index is 952. The van der Waals surface area contributed by atoms with E-state index in [2.05, 4.69) is 6.92 Å². The fourth-order valence-corrected chi connectivity index (χ4v) is 7.17. The van der Waals surface area contributed by atoms with Crippen LogP contribution in [0.2, 0.25) is 0 Å². The molecule has 0 fully saturated rings. The lowest BCUT2D eigenvalue weighted by Gasteiger charge is -2.26. The highest BCUT2D eigenvalue weighted by Crippen LogP contribution is 2.56. The Morgan fingerprint density at radius 3 is 2.00 bits per heavy atom. The van der Waals surface area contributed by atoms with Gasteiger partial charge in [0.2, 0.25) is 0 Å². The standard InChI is InChI=1S/C23H33O7PS/c1-4-10-19-13-15-21(16-14-19)30-22(20-11-8-7-9-12-20)17-18-23(32(25,26)27)31(24,28-5-2)29-6-3/h7-9,11-16,22-23H,4-6,10,17-18H2,1-3H3,(H,25,26,27). The minimum absolute atomic E-state index is 0.00792. The molecule has 2 aromatic carbocycles. The van der Waals surface area contributed by atoms with Gasteiger partial charge in [0, 0.05) is 0 Å². The zero-order valence-electron chi connectivity index (χ0n) is 18.8. The monoisotopic (exact) mass is 484 g/mol. The zero-order valence-corrected chi connectivity index (χ0v) is 20.6. The first kappa shape index (κ1) is 26.6. The summed E-state index contributed by atoms with van der Waals surface area (Å²) in [7, 11) is -8.79.